The number of ether oxygens (including phenoxy) is 1. The highest BCUT2D eigenvalue weighted by atomic mass is 32.2. The van der Waals surface area contributed by atoms with Gasteiger partial charge in [-0.05, 0) is 6.92 Å². The van der Waals surface area contributed by atoms with E-state index in [0.29, 0.717) is 4.34 Å². The van der Waals surface area contributed by atoms with Gasteiger partial charge in [0.25, 0.3) is 0 Å². The summed E-state index contributed by atoms with van der Waals surface area (Å²) < 4.78 is 4.85. The molecule has 0 atom stereocenters. The molecule has 1 aromatic heterocycles. The van der Waals surface area contributed by atoms with Gasteiger partial charge in [-0.1, -0.05) is 23.1 Å². The lowest BCUT2D eigenvalue weighted by Gasteiger charge is -1.92. The Morgan fingerprint density at radius 1 is 1.67 bits per heavy atom. The summed E-state index contributed by atoms with van der Waals surface area (Å²) in [6.07, 6.45) is -1.52. The largest absolute Gasteiger partial charge is 0.550 e. The van der Waals surface area contributed by atoms with Gasteiger partial charge in [-0.25, -0.2) is 0 Å². The molecule has 0 amide bonds. The van der Waals surface area contributed by atoms with Crippen LogP contribution in [0.2, 0.25) is 0 Å². The molecule has 65 valence electrons. The van der Waals surface area contributed by atoms with Crippen LogP contribution in [-0.2, 0) is 9.84 Å². The Morgan fingerprint density at radius 3 is 2.92 bits per heavy atom. The average Bonchev–Trinajstić information content (AvgIpc) is 2.35. The van der Waals surface area contributed by atoms with Gasteiger partial charge in [0.2, 0.25) is 0 Å². The molecule has 0 bridgehead atoms. The first kappa shape index (κ1) is 9.27. The maximum absolute atomic E-state index is 9.82. The molecular weight excluding hydrogens is 200 g/mol. The number of aromatic nitrogens is 2. The number of rotatable bonds is 3. The van der Waals surface area contributed by atoms with E-state index in [-0.39, 0.29) is 5.94 Å². The smallest absolute Gasteiger partial charge is 0.420 e. The van der Waals surface area contributed by atoms with Crippen LogP contribution in [0.4, 0.5) is 4.79 Å². The van der Waals surface area contributed by atoms with Crippen LogP contribution in [-0.4, -0.2) is 22.3 Å². The van der Waals surface area contributed by atoms with Gasteiger partial charge >= 0.3 is 6.16 Å². The van der Waals surface area contributed by atoms with Crippen LogP contribution in [0, 0.1) is 6.92 Å². The predicted molar refractivity (Wildman–Crippen MR) is 42.5 cm³/mol. The third kappa shape index (κ3) is 3.05. The fraction of sp³-hybridized carbons (Fsp3) is 0.400. The summed E-state index contributed by atoms with van der Waals surface area (Å²) in [5.74, 6) is -0.00301. The quantitative estimate of drug-likeness (QED) is 0.424. The van der Waals surface area contributed by atoms with Gasteiger partial charge in [-0.3, -0.25) is 0 Å². The van der Waals surface area contributed by atoms with Crippen molar-refractivity contribution in [3.05, 3.63) is 5.01 Å². The second-order valence-corrected chi connectivity index (χ2v) is 4.09. The highest BCUT2D eigenvalue weighted by Crippen LogP contribution is 2.21. The number of nitrogens with zero attached hydrogens (tertiary/aromatic N) is 2. The van der Waals surface area contributed by atoms with Crippen molar-refractivity contribution in [3.63, 3.8) is 0 Å². The van der Waals surface area contributed by atoms with Crippen LogP contribution in [0.5, 0.6) is 0 Å². The number of aryl methyl sites for hydroxylation is 1. The molecule has 0 aromatic carbocycles. The lowest BCUT2D eigenvalue weighted by Crippen LogP contribution is -1.96. The van der Waals surface area contributed by atoms with E-state index in [1.54, 1.807) is 0 Å². The van der Waals surface area contributed by atoms with E-state index in [0.717, 1.165) is 5.01 Å². The summed E-state index contributed by atoms with van der Waals surface area (Å²) in [7, 11) is 0. The predicted octanol–water partition coefficient (Wildman–Crippen LogP) is 1.46. The molecule has 0 N–H and O–H groups in total. The van der Waals surface area contributed by atoms with Crippen molar-refractivity contribution in [2.45, 2.75) is 11.3 Å². The Balaban J connectivity index is 2.29. The molecule has 1 radical (unpaired) electrons. The first-order valence-corrected chi connectivity index (χ1v) is 4.75. The molecule has 5 nitrogen and oxygen atoms in total. The molecule has 0 aliphatic heterocycles. The third-order valence-corrected chi connectivity index (χ3v) is 2.67. The molecular formula is C5H5N2O3S2. The molecule has 1 rings (SSSR count). The lowest BCUT2D eigenvalue weighted by atomic mass is 10.9. The van der Waals surface area contributed by atoms with Gasteiger partial charge < -0.3 is 4.74 Å². The van der Waals surface area contributed by atoms with Gasteiger partial charge in [0.15, 0.2) is 4.34 Å². The van der Waals surface area contributed by atoms with Crippen molar-refractivity contribution in [2.75, 3.05) is 5.94 Å². The highest BCUT2D eigenvalue weighted by molar-refractivity contribution is 8.00. The summed E-state index contributed by atoms with van der Waals surface area (Å²) in [6.45, 7) is 1.82. The van der Waals surface area contributed by atoms with Gasteiger partial charge in [0, 0.05) is 0 Å². The summed E-state index contributed by atoms with van der Waals surface area (Å²) in [5.41, 5.74) is 0. The van der Waals surface area contributed by atoms with Gasteiger partial charge in [0.05, 0.1) is 0 Å². The molecule has 0 spiro atoms. The summed E-state index contributed by atoms with van der Waals surface area (Å²) in [4.78, 5) is 9.82. The number of thioether (sulfide) groups is 1. The third-order valence-electron chi connectivity index (χ3n) is 0.867. The van der Waals surface area contributed by atoms with E-state index in [9.17, 15) is 9.90 Å². The molecule has 1 heterocycles. The van der Waals surface area contributed by atoms with Crippen molar-refractivity contribution in [3.8, 4) is 0 Å². The van der Waals surface area contributed by atoms with Gasteiger partial charge in [-0.2, -0.15) is 9.90 Å². The molecule has 0 aliphatic rings. The van der Waals surface area contributed by atoms with E-state index in [1.807, 2.05) is 6.92 Å². The van der Waals surface area contributed by atoms with Crippen molar-refractivity contribution in [2.24, 2.45) is 0 Å². The maximum Gasteiger partial charge on any atom is 0.550 e. The zero-order chi connectivity index (χ0) is 8.97. The average molecular weight is 205 g/mol. The minimum atomic E-state index is -1.52. The van der Waals surface area contributed by atoms with Crippen LogP contribution in [0.25, 0.3) is 0 Å². The number of carbonyl (C=O) groups is 1. The first-order chi connectivity index (χ1) is 5.68. The van der Waals surface area contributed by atoms with Crippen LogP contribution < -0.4 is 0 Å². The fourth-order valence-corrected chi connectivity index (χ4v) is 1.98. The summed E-state index contributed by atoms with van der Waals surface area (Å²) in [5, 5.41) is 18.1. The SMILES string of the molecule is Cc1nnc(SCOC([O])=O)s1. The zero-order valence-electron chi connectivity index (χ0n) is 6.14. The monoisotopic (exact) mass is 205 g/mol. The summed E-state index contributed by atoms with van der Waals surface area (Å²) in [6, 6.07) is 0. The van der Waals surface area contributed by atoms with Crippen molar-refractivity contribution < 1.29 is 14.6 Å². The Kier molecular flexibility index (Phi) is 3.30. The second kappa shape index (κ2) is 4.27. The molecule has 12 heavy (non-hydrogen) atoms. The molecule has 0 saturated carbocycles. The zero-order valence-corrected chi connectivity index (χ0v) is 7.78. The molecule has 7 heteroatoms. The van der Waals surface area contributed by atoms with Gasteiger partial charge in [-0.15, -0.1) is 10.2 Å². The molecule has 0 saturated heterocycles. The van der Waals surface area contributed by atoms with Crippen LogP contribution >= 0.6 is 23.1 Å². The van der Waals surface area contributed by atoms with Gasteiger partial charge in [0.1, 0.15) is 10.9 Å². The Bertz CT molecular complexity index is 275. The molecule has 1 aromatic rings. The van der Waals surface area contributed by atoms with E-state index in [1.165, 1.54) is 23.1 Å². The molecule has 0 fully saturated rings. The van der Waals surface area contributed by atoms with E-state index in [2.05, 4.69) is 14.9 Å². The van der Waals surface area contributed by atoms with Crippen LogP contribution in [0.3, 0.4) is 0 Å². The van der Waals surface area contributed by atoms with Crippen LogP contribution in [0.1, 0.15) is 5.01 Å². The second-order valence-electron chi connectivity index (χ2n) is 1.74. The topological polar surface area (TPSA) is 72.0 Å². The van der Waals surface area contributed by atoms with E-state index >= 15 is 0 Å². The minimum Gasteiger partial charge on any atom is -0.420 e. The Morgan fingerprint density at radius 2 is 2.42 bits per heavy atom. The Hall–Kier alpha value is -0.820. The first-order valence-electron chi connectivity index (χ1n) is 2.95. The van der Waals surface area contributed by atoms with E-state index in [4.69, 9.17) is 0 Å². The Labute approximate surface area is 76.8 Å². The lowest BCUT2D eigenvalue weighted by molar-refractivity contribution is 0.0831. The normalized spacial score (nSPS) is 9.75. The highest BCUT2D eigenvalue weighted by Gasteiger charge is 2.03. The number of hydrogen-bond acceptors (Lipinski definition) is 6. The minimum absolute atomic E-state index is 0.00301. The van der Waals surface area contributed by atoms with Crippen molar-refractivity contribution >= 4 is 29.3 Å². The maximum atomic E-state index is 9.82. The number of carbonyl (C=O) groups excluding carboxylic acids is 1. The van der Waals surface area contributed by atoms with Crippen molar-refractivity contribution in [1.29, 1.82) is 0 Å². The molecule has 0 unspecified atom stereocenters. The standard InChI is InChI=1S/C5H5N2O3S2/c1-3-6-7-4(12-3)11-2-10-5(8)9/h2H2,1H3. The summed E-state index contributed by atoms with van der Waals surface area (Å²) >= 11 is 2.56. The molecule has 0 aliphatic carbocycles. The number of hydrogen-bond donors (Lipinski definition) is 0. The fourth-order valence-electron chi connectivity index (χ4n) is 0.465. The van der Waals surface area contributed by atoms with Crippen molar-refractivity contribution in [1.82, 2.24) is 10.2 Å². The van der Waals surface area contributed by atoms with E-state index < -0.39 is 6.16 Å². The van der Waals surface area contributed by atoms with Crippen LogP contribution in [0.15, 0.2) is 4.34 Å².